The van der Waals surface area contributed by atoms with Crippen LogP contribution in [0, 0.1) is 0 Å². The molecule has 2 saturated heterocycles. The summed E-state index contributed by atoms with van der Waals surface area (Å²) in [6.07, 6.45) is -8.50. The number of hydrogen-bond donors (Lipinski definition) is 0. The van der Waals surface area contributed by atoms with Gasteiger partial charge in [-0.15, -0.1) is 0 Å². The lowest BCUT2D eigenvalue weighted by molar-refractivity contribution is -0.138. The van der Waals surface area contributed by atoms with E-state index in [4.69, 9.17) is 16.3 Å². The number of hydrogen-bond acceptors (Lipinski definition) is 5. The summed E-state index contributed by atoms with van der Waals surface area (Å²) in [6.45, 7) is 0.731. The maximum atomic E-state index is 13.1. The molecule has 2 aliphatic rings. The average Bonchev–Trinajstić information content (AvgIpc) is 3.15. The highest BCUT2D eigenvalue weighted by Crippen LogP contribution is 2.37. The van der Waals surface area contributed by atoms with Crippen molar-refractivity contribution in [1.82, 2.24) is 14.2 Å². The normalized spacial score (nSPS) is 22.6. The van der Waals surface area contributed by atoms with E-state index >= 15 is 0 Å². The number of alkyl halides is 6. The van der Waals surface area contributed by atoms with Crippen molar-refractivity contribution in [2.24, 2.45) is 0 Å². The molecule has 0 amide bonds. The van der Waals surface area contributed by atoms with E-state index in [-0.39, 0.29) is 24.9 Å². The molecule has 2 atom stereocenters. The standard InChI is InChI=1S/C20H18ClF6N3O3S/c21-18-17(20(25,26)27)8-14(9-28-18)33-15-7-13-10-30(5-4-29(13)11-15)34(31,32)16-3-1-2-12(6-16)19(22,23)24/h1-3,6,8-9,13,15H,4-5,7,10-11H2/t13-,15-/m0/s1. The van der Waals surface area contributed by atoms with Crippen molar-refractivity contribution < 1.29 is 39.5 Å². The summed E-state index contributed by atoms with van der Waals surface area (Å²) in [5.74, 6) is -0.116. The molecule has 186 valence electrons. The highest BCUT2D eigenvalue weighted by molar-refractivity contribution is 7.89. The van der Waals surface area contributed by atoms with Crippen LogP contribution in [0.4, 0.5) is 26.3 Å². The molecule has 1 aromatic carbocycles. The van der Waals surface area contributed by atoms with Gasteiger partial charge in [0.1, 0.15) is 17.0 Å². The smallest absolute Gasteiger partial charge is 0.419 e. The van der Waals surface area contributed by atoms with Crippen LogP contribution in [0.5, 0.6) is 5.75 Å². The number of ether oxygens (including phenoxy) is 1. The molecule has 0 unspecified atom stereocenters. The molecule has 4 rings (SSSR count). The summed E-state index contributed by atoms with van der Waals surface area (Å²) in [4.78, 5) is 5.01. The van der Waals surface area contributed by atoms with E-state index in [1.165, 1.54) is 0 Å². The molecule has 1 aromatic heterocycles. The largest absolute Gasteiger partial charge is 0.487 e. The van der Waals surface area contributed by atoms with Crippen LogP contribution in [0.15, 0.2) is 41.4 Å². The molecule has 2 aromatic rings. The van der Waals surface area contributed by atoms with Gasteiger partial charge in [-0.3, -0.25) is 4.90 Å². The van der Waals surface area contributed by atoms with Crippen LogP contribution >= 0.6 is 11.6 Å². The summed E-state index contributed by atoms with van der Waals surface area (Å²) >= 11 is 5.52. The molecule has 3 heterocycles. The molecule has 0 radical (unpaired) electrons. The van der Waals surface area contributed by atoms with E-state index in [9.17, 15) is 34.8 Å². The van der Waals surface area contributed by atoms with Gasteiger partial charge in [0.05, 0.1) is 22.2 Å². The number of fused-ring (bicyclic) bond motifs is 1. The van der Waals surface area contributed by atoms with Gasteiger partial charge in [0.25, 0.3) is 0 Å². The zero-order valence-corrected chi connectivity index (χ0v) is 18.8. The van der Waals surface area contributed by atoms with Gasteiger partial charge >= 0.3 is 12.4 Å². The highest BCUT2D eigenvalue weighted by Gasteiger charge is 2.42. The highest BCUT2D eigenvalue weighted by atomic mass is 35.5. The lowest BCUT2D eigenvalue weighted by Crippen LogP contribution is -2.51. The van der Waals surface area contributed by atoms with Gasteiger partial charge in [-0.1, -0.05) is 17.7 Å². The maximum Gasteiger partial charge on any atom is 0.419 e. The fourth-order valence-corrected chi connectivity index (χ4v) is 5.86. The first-order valence-corrected chi connectivity index (χ1v) is 11.9. The first-order chi connectivity index (χ1) is 15.7. The molecule has 0 aliphatic carbocycles. The van der Waals surface area contributed by atoms with Crippen molar-refractivity contribution in [2.45, 2.75) is 35.8 Å². The minimum atomic E-state index is -4.70. The van der Waals surface area contributed by atoms with Crippen molar-refractivity contribution in [3.8, 4) is 5.75 Å². The number of piperazine rings is 1. The molecule has 2 aliphatic heterocycles. The van der Waals surface area contributed by atoms with Crippen LogP contribution in [0.2, 0.25) is 5.15 Å². The Balaban J connectivity index is 1.45. The summed E-state index contributed by atoms with van der Waals surface area (Å²) in [5.41, 5.74) is -2.18. The number of rotatable bonds is 4. The van der Waals surface area contributed by atoms with Gasteiger partial charge in [0, 0.05) is 38.6 Å². The van der Waals surface area contributed by atoms with E-state index in [1.54, 1.807) is 0 Å². The third-order valence-corrected chi connectivity index (χ3v) is 7.92. The summed E-state index contributed by atoms with van der Waals surface area (Å²) < 4.78 is 111. The second-order valence-corrected chi connectivity index (χ2v) is 10.3. The van der Waals surface area contributed by atoms with Crippen molar-refractivity contribution in [3.05, 3.63) is 52.8 Å². The number of pyridine rings is 1. The predicted molar refractivity (Wildman–Crippen MR) is 109 cm³/mol. The number of nitrogens with zero attached hydrogens (tertiary/aromatic N) is 3. The zero-order valence-electron chi connectivity index (χ0n) is 17.3. The Morgan fingerprint density at radius 1 is 1.03 bits per heavy atom. The molecule has 0 bridgehead atoms. The zero-order chi connectivity index (χ0) is 24.9. The third kappa shape index (κ3) is 5.11. The van der Waals surface area contributed by atoms with Gasteiger partial charge < -0.3 is 4.74 Å². The number of benzene rings is 1. The van der Waals surface area contributed by atoms with Crippen LogP contribution in [-0.4, -0.2) is 60.9 Å². The molecule has 0 N–H and O–H groups in total. The number of sulfonamides is 1. The van der Waals surface area contributed by atoms with E-state index < -0.39 is 49.7 Å². The maximum absolute atomic E-state index is 13.1. The lowest BCUT2D eigenvalue weighted by Gasteiger charge is -2.36. The van der Waals surface area contributed by atoms with E-state index in [0.717, 1.165) is 34.8 Å². The second-order valence-electron chi connectivity index (χ2n) is 8.02. The van der Waals surface area contributed by atoms with Crippen molar-refractivity contribution in [3.63, 3.8) is 0 Å². The number of halogens is 7. The third-order valence-electron chi connectivity index (χ3n) is 5.76. The van der Waals surface area contributed by atoms with Gasteiger partial charge in [0.2, 0.25) is 10.0 Å². The second kappa shape index (κ2) is 8.85. The van der Waals surface area contributed by atoms with Crippen molar-refractivity contribution in [2.75, 3.05) is 26.2 Å². The monoisotopic (exact) mass is 529 g/mol. The quantitative estimate of drug-likeness (QED) is 0.437. The first kappa shape index (κ1) is 25.0. The minimum absolute atomic E-state index is 0.0190. The molecule has 14 heteroatoms. The van der Waals surface area contributed by atoms with Crippen molar-refractivity contribution in [1.29, 1.82) is 0 Å². The van der Waals surface area contributed by atoms with Crippen LogP contribution in [0.3, 0.4) is 0 Å². The Labute approximate surface area is 196 Å². The lowest BCUT2D eigenvalue weighted by atomic mass is 10.1. The van der Waals surface area contributed by atoms with E-state index in [0.29, 0.717) is 25.6 Å². The van der Waals surface area contributed by atoms with E-state index in [2.05, 4.69) is 4.98 Å². The Hall–Kier alpha value is -2.09. The van der Waals surface area contributed by atoms with Crippen LogP contribution < -0.4 is 4.74 Å². The average molecular weight is 530 g/mol. The Bertz CT molecular complexity index is 1170. The molecule has 6 nitrogen and oxygen atoms in total. The molecule has 2 fully saturated rings. The summed E-state index contributed by atoms with van der Waals surface area (Å²) in [6, 6.07) is 4.02. The summed E-state index contributed by atoms with van der Waals surface area (Å²) in [7, 11) is -4.17. The predicted octanol–water partition coefficient (Wildman–Crippen LogP) is 4.30. The Morgan fingerprint density at radius 2 is 1.76 bits per heavy atom. The Morgan fingerprint density at radius 3 is 2.44 bits per heavy atom. The van der Waals surface area contributed by atoms with Gasteiger partial charge in [-0.2, -0.15) is 30.6 Å². The molecular formula is C20H18ClF6N3O3S. The molecule has 0 saturated carbocycles. The summed E-state index contributed by atoms with van der Waals surface area (Å²) in [5, 5.41) is -0.695. The Kier molecular flexibility index (Phi) is 6.51. The van der Waals surface area contributed by atoms with Gasteiger partial charge in [-0.05, 0) is 24.3 Å². The fourth-order valence-electron chi connectivity index (χ4n) is 4.14. The van der Waals surface area contributed by atoms with Crippen LogP contribution in [0.25, 0.3) is 0 Å². The first-order valence-electron chi connectivity index (χ1n) is 10.1. The van der Waals surface area contributed by atoms with Crippen LogP contribution in [-0.2, 0) is 22.4 Å². The SMILES string of the molecule is O=S(=O)(c1cccc(C(F)(F)F)c1)N1CCN2C[C@@H](Oc3cnc(Cl)c(C(F)(F)F)c3)C[C@H]2C1. The van der Waals surface area contributed by atoms with Crippen LogP contribution in [0.1, 0.15) is 17.5 Å². The minimum Gasteiger partial charge on any atom is -0.487 e. The number of aromatic nitrogens is 1. The molecular weight excluding hydrogens is 512 g/mol. The topological polar surface area (TPSA) is 62.7 Å². The van der Waals surface area contributed by atoms with Gasteiger partial charge in [-0.25, -0.2) is 13.4 Å². The molecule has 0 spiro atoms. The van der Waals surface area contributed by atoms with E-state index in [1.807, 2.05) is 4.90 Å². The fraction of sp³-hybridized carbons (Fsp3) is 0.450. The molecule has 34 heavy (non-hydrogen) atoms. The van der Waals surface area contributed by atoms with Crippen molar-refractivity contribution >= 4 is 21.6 Å². The van der Waals surface area contributed by atoms with Gasteiger partial charge in [0.15, 0.2) is 0 Å².